The molecule has 0 bridgehead atoms. The molecule has 16 heavy (non-hydrogen) atoms. The summed E-state index contributed by atoms with van der Waals surface area (Å²) in [4.78, 5) is 11.5. The van der Waals surface area contributed by atoms with E-state index in [0.29, 0.717) is 13.2 Å². The Hall–Kier alpha value is -0.770. The summed E-state index contributed by atoms with van der Waals surface area (Å²) < 4.78 is 5.37. The standard InChI is InChI=1S/C12H26N2O2/c1-6-12(4,5)14-11(15)13-8-7-9-16-10(2)3/h10H,6-9H2,1-5H3,(H2,13,14,15). The molecule has 0 aliphatic carbocycles. The molecule has 0 aliphatic heterocycles. The molecule has 0 aromatic carbocycles. The molecule has 2 amide bonds. The molecule has 0 aromatic heterocycles. The molecule has 0 heterocycles. The number of amides is 2. The van der Waals surface area contributed by atoms with Crippen LogP contribution in [0.3, 0.4) is 0 Å². The van der Waals surface area contributed by atoms with Crippen molar-refractivity contribution in [2.45, 2.75) is 59.1 Å². The van der Waals surface area contributed by atoms with E-state index in [4.69, 9.17) is 4.74 Å². The first-order valence-electron chi connectivity index (χ1n) is 6.05. The van der Waals surface area contributed by atoms with Crippen LogP contribution < -0.4 is 10.6 Å². The van der Waals surface area contributed by atoms with Gasteiger partial charge in [-0.2, -0.15) is 0 Å². The predicted molar refractivity (Wildman–Crippen MR) is 66.6 cm³/mol. The van der Waals surface area contributed by atoms with E-state index >= 15 is 0 Å². The Morgan fingerprint density at radius 1 is 1.38 bits per heavy atom. The van der Waals surface area contributed by atoms with Gasteiger partial charge in [-0.1, -0.05) is 6.92 Å². The monoisotopic (exact) mass is 230 g/mol. The molecule has 0 radical (unpaired) electrons. The molecule has 96 valence electrons. The molecule has 0 unspecified atom stereocenters. The lowest BCUT2D eigenvalue weighted by Gasteiger charge is -2.24. The van der Waals surface area contributed by atoms with E-state index < -0.39 is 0 Å². The lowest BCUT2D eigenvalue weighted by molar-refractivity contribution is 0.0774. The first-order chi connectivity index (χ1) is 7.37. The average Bonchev–Trinajstić information content (AvgIpc) is 2.16. The maximum atomic E-state index is 11.5. The summed E-state index contributed by atoms with van der Waals surface area (Å²) in [5.41, 5.74) is -0.140. The molecular formula is C12H26N2O2. The number of carbonyl (C=O) groups excluding carboxylic acids is 1. The van der Waals surface area contributed by atoms with Crippen molar-refractivity contribution in [1.29, 1.82) is 0 Å². The zero-order valence-electron chi connectivity index (χ0n) is 11.2. The van der Waals surface area contributed by atoms with Gasteiger partial charge in [-0.3, -0.25) is 0 Å². The molecule has 0 spiro atoms. The van der Waals surface area contributed by atoms with E-state index in [-0.39, 0.29) is 17.7 Å². The zero-order valence-corrected chi connectivity index (χ0v) is 11.2. The Morgan fingerprint density at radius 3 is 2.50 bits per heavy atom. The minimum Gasteiger partial charge on any atom is -0.379 e. The molecule has 4 heteroatoms. The van der Waals surface area contributed by atoms with Gasteiger partial charge in [-0.05, 0) is 40.5 Å². The summed E-state index contributed by atoms with van der Waals surface area (Å²) in [5.74, 6) is 0. The number of rotatable bonds is 7. The Bertz CT molecular complexity index is 203. The topological polar surface area (TPSA) is 50.4 Å². The van der Waals surface area contributed by atoms with Crippen LogP contribution in [-0.4, -0.2) is 30.8 Å². The Morgan fingerprint density at radius 2 is 2.00 bits per heavy atom. The molecule has 0 atom stereocenters. The van der Waals surface area contributed by atoms with Crippen molar-refractivity contribution in [2.75, 3.05) is 13.2 Å². The number of urea groups is 1. The average molecular weight is 230 g/mol. The zero-order chi connectivity index (χ0) is 12.6. The van der Waals surface area contributed by atoms with Crippen molar-refractivity contribution < 1.29 is 9.53 Å². The Kier molecular flexibility index (Phi) is 7.13. The molecule has 4 nitrogen and oxygen atoms in total. The van der Waals surface area contributed by atoms with Crippen LogP contribution in [0, 0.1) is 0 Å². The molecule has 0 rings (SSSR count). The van der Waals surface area contributed by atoms with Crippen molar-refractivity contribution >= 4 is 6.03 Å². The number of hydrogen-bond acceptors (Lipinski definition) is 2. The van der Waals surface area contributed by atoms with E-state index in [0.717, 1.165) is 12.8 Å². The second kappa shape index (κ2) is 7.49. The lowest BCUT2D eigenvalue weighted by atomic mass is 10.0. The summed E-state index contributed by atoms with van der Waals surface area (Å²) in [6.45, 7) is 11.4. The first-order valence-corrected chi connectivity index (χ1v) is 6.05. The van der Waals surface area contributed by atoms with Gasteiger partial charge >= 0.3 is 6.03 Å². The second-order valence-electron chi connectivity index (χ2n) is 4.89. The van der Waals surface area contributed by atoms with Crippen LogP contribution >= 0.6 is 0 Å². The van der Waals surface area contributed by atoms with Gasteiger partial charge in [-0.15, -0.1) is 0 Å². The van der Waals surface area contributed by atoms with Gasteiger partial charge in [0.05, 0.1) is 6.10 Å². The Balaban J connectivity index is 3.52. The predicted octanol–water partition coefficient (Wildman–Crippen LogP) is 2.29. The highest BCUT2D eigenvalue weighted by atomic mass is 16.5. The van der Waals surface area contributed by atoms with E-state index in [9.17, 15) is 4.79 Å². The third-order valence-corrected chi connectivity index (χ3v) is 2.39. The second-order valence-corrected chi connectivity index (χ2v) is 4.89. The maximum absolute atomic E-state index is 11.5. The van der Waals surface area contributed by atoms with Gasteiger partial charge in [-0.25, -0.2) is 4.79 Å². The number of ether oxygens (including phenoxy) is 1. The van der Waals surface area contributed by atoms with Crippen LogP contribution in [0.4, 0.5) is 4.79 Å². The van der Waals surface area contributed by atoms with Gasteiger partial charge in [0.15, 0.2) is 0 Å². The normalized spacial score (nSPS) is 11.6. The van der Waals surface area contributed by atoms with Crippen LogP contribution in [0.1, 0.15) is 47.5 Å². The van der Waals surface area contributed by atoms with E-state index in [1.54, 1.807) is 0 Å². The third kappa shape index (κ3) is 8.53. The van der Waals surface area contributed by atoms with E-state index in [1.165, 1.54) is 0 Å². The third-order valence-electron chi connectivity index (χ3n) is 2.39. The summed E-state index contributed by atoms with van der Waals surface area (Å²) in [7, 11) is 0. The van der Waals surface area contributed by atoms with Gasteiger partial charge in [0.2, 0.25) is 0 Å². The maximum Gasteiger partial charge on any atom is 0.315 e. The molecule has 0 aromatic rings. The molecular weight excluding hydrogens is 204 g/mol. The van der Waals surface area contributed by atoms with Crippen molar-refractivity contribution in [3.05, 3.63) is 0 Å². The largest absolute Gasteiger partial charge is 0.379 e. The quantitative estimate of drug-likeness (QED) is 0.659. The fourth-order valence-electron chi connectivity index (χ4n) is 1.03. The smallest absolute Gasteiger partial charge is 0.315 e. The van der Waals surface area contributed by atoms with Gasteiger partial charge < -0.3 is 15.4 Å². The lowest BCUT2D eigenvalue weighted by Crippen LogP contribution is -2.48. The molecule has 0 aliphatic rings. The fourth-order valence-corrected chi connectivity index (χ4v) is 1.03. The highest BCUT2D eigenvalue weighted by Crippen LogP contribution is 2.05. The SMILES string of the molecule is CCC(C)(C)NC(=O)NCCCOC(C)C. The Labute approximate surface area is 99.1 Å². The molecule has 0 saturated carbocycles. The number of nitrogens with one attached hydrogen (secondary N) is 2. The van der Waals surface area contributed by atoms with Crippen molar-refractivity contribution in [3.63, 3.8) is 0 Å². The number of carbonyl (C=O) groups is 1. The summed E-state index contributed by atoms with van der Waals surface area (Å²) in [5, 5.41) is 5.73. The summed E-state index contributed by atoms with van der Waals surface area (Å²) in [6.07, 6.45) is 2.02. The van der Waals surface area contributed by atoms with Gasteiger partial charge in [0, 0.05) is 18.7 Å². The fraction of sp³-hybridized carbons (Fsp3) is 0.917. The van der Waals surface area contributed by atoms with E-state index in [2.05, 4.69) is 17.6 Å². The molecule has 2 N–H and O–H groups in total. The summed E-state index contributed by atoms with van der Waals surface area (Å²) in [6, 6.07) is -0.101. The molecule has 0 saturated heterocycles. The minimum absolute atomic E-state index is 0.101. The van der Waals surface area contributed by atoms with Crippen LogP contribution in [0.5, 0.6) is 0 Å². The van der Waals surface area contributed by atoms with Crippen molar-refractivity contribution in [1.82, 2.24) is 10.6 Å². The van der Waals surface area contributed by atoms with Crippen LogP contribution in [-0.2, 0) is 4.74 Å². The molecule has 0 fully saturated rings. The van der Waals surface area contributed by atoms with E-state index in [1.807, 2.05) is 27.7 Å². The first kappa shape index (κ1) is 15.2. The highest BCUT2D eigenvalue weighted by Gasteiger charge is 2.16. The highest BCUT2D eigenvalue weighted by molar-refractivity contribution is 5.74. The van der Waals surface area contributed by atoms with Crippen LogP contribution in [0.2, 0.25) is 0 Å². The number of hydrogen-bond donors (Lipinski definition) is 2. The minimum atomic E-state index is -0.140. The summed E-state index contributed by atoms with van der Waals surface area (Å²) >= 11 is 0. The van der Waals surface area contributed by atoms with Crippen molar-refractivity contribution in [2.24, 2.45) is 0 Å². The van der Waals surface area contributed by atoms with Crippen LogP contribution in [0.15, 0.2) is 0 Å². The van der Waals surface area contributed by atoms with Crippen molar-refractivity contribution in [3.8, 4) is 0 Å². The van der Waals surface area contributed by atoms with Crippen LogP contribution in [0.25, 0.3) is 0 Å². The van der Waals surface area contributed by atoms with Gasteiger partial charge in [0.25, 0.3) is 0 Å². The van der Waals surface area contributed by atoms with Gasteiger partial charge in [0.1, 0.15) is 0 Å².